The van der Waals surface area contributed by atoms with Gasteiger partial charge in [-0.25, -0.2) is 18.7 Å². The van der Waals surface area contributed by atoms with Crippen molar-refractivity contribution in [2.45, 2.75) is 50.7 Å². The molecular formula is C26H28F2N4O3. The molecule has 7 nitrogen and oxygen atoms in total. The van der Waals surface area contributed by atoms with E-state index in [9.17, 15) is 19.4 Å². The molecule has 1 aromatic heterocycles. The van der Waals surface area contributed by atoms with Crippen LogP contribution in [0, 0.1) is 18.6 Å². The highest BCUT2D eigenvalue weighted by molar-refractivity contribution is 5.95. The van der Waals surface area contributed by atoms with Crippen LogP contribution in [0.1, 0.15) is 64.8 Å². The van der Waals surface area contributed by atoms with E-state index < -0.39 is 30.2 Å². The first kappa shape index (κ1) is 24.7. The van der Waals surface area contributed by atoms with Crippen molar-refractivity contribution in [1.82, 2.24) is 15.3 Å². The van der Waals surface area contributed by atoms with Crippen LogP contribution in [-0.4, -0.2) is 38.8 Å². The maximum absolute atomic E-state index is 15.0. The molecule has 9 heteroatoms. The molecule has 3 atom stereocenters. The monoisotopic (exact) mass is 482 g/mol. The van der Waals surface area contributed by atoms with Crippen molar-refractivity contribution in [2.24, 2.45) is 0 Å². The molecule has 0 bridgehead atoms. The maximum atomic E-state index is 15.0. The van der Waals surface area contributed by atoms with Crippen LogP contribution in [0.2, 0.25) is 0 Å². The number of amides is 1. The van der Waals surface area contributed by atoms with E-state index in [2.05, 4.69) is 15.3 Å². The van der Waals surface area contributed by atoms with Crippen molar-refractivity contribution in [3.63, 3.8) is 0 Å². The third-order valence-electron chi connectivity index (χ3n) is 6.33. The minimum Gasteiger partial charge on any atom is -0.394 e. The highest BCUT2D eigenvalue weighted by Crippen LogP contribution is 2.34. The van der Waals surface area contributed by atoms with Crippen LogP contribution in [0.25, 0.3) is 11.3 Å². The van der Waals surface area contributed by atoms with Gasteiger partial charge in [0.05, 0.1) is 36.2 Å². The van der Waals surface area contributed by atoms with Crippen molar-refractivity contribution in [3.8, 4) is 11.3 Å². The molecule has 184 valence electrons. The van der Waals surface area contributed by atoms with E-state index in [1.165, 1.54) is 24.3 Å². The van der Waals surface area contributed by atoms with E-state index in [0.717, 1.165) is 25.3 Å². The fraction of sp³-hybridized carbons (Fsp3) is 0.346. The number of carbonyl (C=O) groups excluding carboxylic acids is 1. The predicted octanol–water partition coefficient (Wildman–Crippen LogP) is 3.79. The Morgan fingerprint density at radius 2 is 2.03 bits per heavy atom. The Bertz CT molecular complexity index is 1220. The van der Waals surface area contributed by atoms with Gasteiger partial charge in [-0.2, -0.15) is 0 Å². The van der Waals surface area contributed by atoms with E-state index in [0.29, 0.717) is 34.5 Å². The van der Waals surface area contributed by atoms with Gasteiger partial charge in [0.2, 0.25) is 0 Å². The van der Waals surface area contributed by atoms with Gasteiger partial charge < -0.3 is 21.3 Å². The molecule has 0 radical (unpaired) electrons. The molecule has 1 aliphatic carbocycles. The van der Waals surface area contributed by atoms with Gasteiger partial charge in [0.15, 0.2) is 0 Å². The number of halogens is 2. The standard InChI is InChI=1S/C26H28F2N4O3/c1-14-7-17(9-18(27)8-14)23(13-33)32-26(35)20-6-5-16(11-21(20)28)24-25(29)30-12-22(31-24)15-3-2-4-19(34)10-15/h5-9,11-12,15,19,23,33-34H,2-4,10,13H2,1H3,(H2,29,30)(H,32,35)/t15?,19?,23-/m1/s1. The van der Waals surface area contributed by atoms with Crippen LogP contribution in [0.5, 0.6) is 0 Å². The SMILES string of the molecule is Cc1cc(F)cc([C@@H](CO)NC(=O)c2ccc(-c3nc(C4CCCC(O)C4)cnc3N)cc2F)c1. The number of aromatic nitrogens is 2. The van der Waals surface area contributed by atoms with Gasteiger partial charge in [-0.1, -0.05) is 18.6 Å². The summed E-state index contributed by atoms with van der Waals surface area (Å²) in [5, 5.41) is 22.3. The first-order valence-corrected chi connectivity index (χ1v) is 11.5. The average Bonchev–Trinajstić information content (AvgIpc) is 2.82. The number of rotatable bonds is 6. The zero-order valence-electron chi connectivity index (χ0n) is 19.3. The number of hydrogen-bond acceptors (Lipinski definition) is 6. The van der Waals surface area contributed by atoms with Crippen molar-refractivity contribution < 1.29 is 23.8 Å². The van der Waals surface area contributed by atoms with E-state index >= 15 is 4.39 Å². The molecule has 1 amide bonds. The molecule has 0 spiro atoms. The average molecular weight is 483 g/mol. The summed E-state index contributed by atoms with van der Waals surface area (Å²) in [4.78, 5) is 21.6. The Hall–Kier alpha value is -3.43. The fourth-order valence-corrected chi connectivity index (χ4v) is 4.54. The van der Waals surface area contributed by atoms with Gasteiger partial charge in [-0.3, -0.25) is 4.79 Å². The second-order valence-corrected chi connectivity index (χ2v) is 9.01. The van der Waals surface area contributed by atoms with Crippen LogP contribution in [0.4, 0.5) is 14.6 Å². The highest BCUT2D eigenvalue weighted by atomic mass is 19.1. The molecule has 4 rings (SSSR count). The lowest BCUT2D eigenvalue weighted by molar-refractivity contribution is 0.0912. The number of hydrogen-bond donors (Lipinski definition) is 4. The van der Waals surface area contributed by atoms with Crippen LogP contribution in [0.3, 0.4) is 0 Å². The van der Waals surface area contributed by atoms with Crippen LogP contribution in [0.15, 0.2) is 42.6 Å². The number of carbonyl (C=O) groups is 1. The smallest absolute Gasteiger partial charge is 0.254 e. The largest absolute Gasteiger partial charge is 0.394 e. The lowest BCUT2D eigenvalue weighted by Gasteiger charge is -2.25. The second-order valence-electron chi connectivity index (χ2n) is 9.01. The van der Waals surface area contributed by atoms with Gasteiger partial charge in [-0.05, 0) is 61.6 Å². The molecule has 1 aliphatic rings. The highest BCUT2D eigenvalue weighted by Gasteiger charge is 2.24. The number of aliphatic hydroxyl groups is 2. The van der Waals surface area contributed by atoms with Gasteiger partial charge in [0.1, 0.15) is 23.1 Å². The Morgan fingerprint density at radius 1 is 1.23 bits per heavy atom. The van der Waals surface area contributed by atoms with E-state index in [1.807, 2.05) is 0 Å². The summed E-state index contributed by atoms with van der Waals surface area (Å²) < 4.78 is 28.8. The van der Waals surface area contributed by atoms with Crippen LogP contribution < -0.4 is 11.1 Å². The van der Waals surface area contributed by atoms with Crippen LogP contribution in [-0.2, 0) is 0 Å². The number of nitrogens with zero attached hydrogens (tertiary/aromatic N) is 2. The topological polar surface area (TPSA) is 121 Å². The fourth-order valence-electron chi connectivity index (χ4n) is 4.54. The number of aryl methyl sites for hydroxylation is 1. The number of aliphatic hydroxyl groups excluding tert-OH is 2. The van der Waals surface area contributed by atoms with E-state index in [1.54, 1.807) is 19.2 Å². The summed E-state index contributed by atoms with van der Waals surface area (Å²) in [5.74, 6) is -1.87. The van der Waals surface area contributed by atoms with Crippen LogP contribution >= 0.6 is 0 Å². The van der Waals surface area contributed by atoms with E-state index in [-0.39, 0.29) is 23.4 Å². The van der Waals surface area contributed by atoms with E-state index in [4.69, 9.17) is 5.73 Å². The minimum atomic E-state index is -0.903. The lowest BCUT2D eigenvalue weighted by Crippen LogP contribution is -2.31. The Kier molecular flexibility index (Phi) is 7.37. The first-order chi connectivity index (χ1) is 16.7. The summed E-state index contributed by atoms with van der Waals surface area (Å²) in [6.45, 7) is 1.21. The molecule has 1 heterocycles. The second kappa shape index (κ2) is 10.5. The maximum Gasteiger partial charge on any atom is 0.254 e. The summed E-state index contributed by atoms with van der Waals surface area (Å²) in [6.07, 6.45) is 4.31. The zero-order valence-corrected chi connectivity index (χ0v) is 19.3. The van der Waals surface area contributed by atoms with Crippen molar-refractivity contribution in [3.05, 3.63) is 76.6 Å². The molecule has 0 aliphatic heterocycles. The Balaban J connectivity index is 1.56. The third-order valence-corrected chi connectivity index (χ3v) is 6.33. The first-order valence-electron chi connectivity index (χ1n) is 11.5. The van der Waals surface area contributed by atoms with Crippen molar-refractivity contribution in [1.29, 1.82) is 0 Å². The number of anilines is 1. The summed E-state index contributed by atoms with van der Waals surface area (Å²) in [5.41, 5.74) is 8.14. The molecule has 0 saturated heterocycles. The van der Waals surface area contributed by atoms with Gasteiger partial charge in [0.25, 0.3) is 5.91 Å². The Labute approximate surface area is 202 Å². The minimum absolute atomic E-state index is 0.0439. The number of nitrogens with two attached hydrogens (primary N) is 1. The van der Waals surface area contributed by atoms with Crippen molar-refractivity contribution in [2.75, 3.05) is 12.3 Å². The zero-order chi connectivity index (χ0) is 25.1. The number of nitrogens with one attached hydrogen (secondary N) is 1. The molecular weight excluding hydrogens is 454 g/mol. The Morgan fingerprint density at radius 3 is 2.71 bits per heavy atom. The molecule has 3 aromatic rings. The molecule has 35 heavy (non-hydrogen) atoms. The van der Waals surface area contributed by atoms with Crippen molar-refractivity contribution >= 4 is 11.7 Å². The quantitative estimate of drug-likeness (QED) is 0.424. The number of benzene rings is 2. The molecule has 2 unspecified atom stereocenters. The molecule has 1 fully saturated rings. The summed E-state index contributed by atoms with van der Waals surface area (Å²) >= 11 is 0. The number of nitrogen functional groups attached to an aromatic ring is 1. The van der Waals surface area contributed by atoms with Gasteiger partial charge in [-0.15, -0.1) is 0 Å². The third kappa shape index (κ3) is 5.63. The normalized spacial score (nSPS) is 18.8. The lowest BCUT2D eigenvalue weighted by atomic mass is 9.85. The molecule has 5 N–H and O–H groups in total. The molecule has 1 saturated carbocycles. The predicted molar refractivity (Wildman–Crippen MR) is 127 cm³/mol. The molecule has 2 aromatic carbocycles. The van der Waals surface area contributed by atoms with Gasteiger partial charge in [0, 0.05) is 11.5 Å². The summed E-state index contributed by atoms with van der Waals surface area (Å²) in [6, 6.07) is 7.28. The van der Waals surface area contributed by atoms with Gasteiger partial charge >= 0.3 is 0 Å². The summed E-state index contributed by atoms with van der Waals surface area (Å²) in [7, 11) is 0.